The van der Waals surface area contributed by atoms with Gasteiger partial charge in [0, 0.05) is 6.04 Å². The van der Waals surface area contributed by atoms with Crippen molar-refractivity contribution in [2.24, 2.45) is 5.92 Å². The highest BCUT2D eigenvalue weighted by molar-refractivity contribution is 4.68. The standard InChI is InChI=1S/C10H20F3N/c1-4-9(5-2)7-14-8(3)6-10(11,12)13/h8-9,14H,4-7H2,1-3H3. The summed E-state index contributed by atoms with van der Waals surface area (Å²) in [4.78, 5) is 0. The number of hydrogen-bond donors (Lipinski definition) is 1. The van der Waals surface area contributed by atoms with E-state index in [0.717, 1.165) is 12.8 Å². The van der Waals surface area contributed by atoms with Gasteiger partial charge in [0.05, 0.1) is 6.42 Å². The molecule has 0 radical (unpaired) electrons. The zero-order chi connectivity index (χ0) is 11.2. The van der Waals surface area contributed by atoms with E-state index in [0.29, 0.717) is 12.5 Å². The first-order chi connectivity index (χ1) is 6.39. The first-order valence-corrected chi connectivity index (χ1v) is 5.19. The molecule has 1 atom stereocenters. The fourth-order valence-electron chi connectivity index (χ4n) is 1.36. The molecular formula is C10H20F3N. The third kappa shape index (κ3) is 7.18. The molecule has 0 bridgehead atoms. The third-order valence-electron chi connectivity index (χ3n) is 2.45. The molecule has 0 aliphatic heterocycles. The summed E-state index contributed by atoms with van der Waals surface area (Å²) in [6.45, 7) is 6.38. The lowest BCUT2D eigenvalue weighted by Gasteiger charge is -2.19. The van der Waals surface area contributed by atoms with Crippen LogP contribution in [0.1, 0.15) is 40.0 Å². The minimum Gasteiger partial charge on any atom is -0.314 e. The molecule has 0 saturated carbocycles. The van der Waals surface area contributed by atoms with E-state index < -0.39 is 18.6 Å². The van der Waals surface area contributed by atoms with Crippen molar-refractivity contribution in [1.29, 1.82) is 0 Å². The van der Waals surface area contributed by atoms with Crippen LogP contribution in [0, 0.1) is 5.92 Å². The van der Waals surface area contributed by atoms with Gasteiger partial charge in [-0.25, -0.2) is 0 Å². The summed E-state index contributed by atoms with van der Waals surface area (Å²) in [6, 6.07) is -0.476. The van der Waals surface area contributed by atoms with Gasteiger partial charge in [-0.1, -0.05) is 26.7 Å². The summed E-state index contributed by atoms with van der Waals surface area (Å²) in [5.41, 5.74) is 0. The van der Waals surface area contributed by atoms with Gasteiger partial charge in [-0.3, -0.25) is 0 Å². The van der Waals surface area contributed by atoms with Crippen LogP contribution in [0.2, 0.25) is 0 Å². The fourth-order valence-corrected chi connectivity index (χ4v) is 1.36. The minimum atomic E-state index is -4.06. The van der Waals surface area contributed by atoms with Crippen LogP contribution in [0.5, 0.6) is 0 Å². The molecule has 1 nitrogen and oxygen atoms in total. The number of alkyl halides is 3. The highest BCUT2D eigenvalue weighted by Crippen LogP contribution is 2.21. The molecule has 0 aromatic rings. The predicted molar refractivity (Wildman–Crippen MR) is 52.2 cm³/mol. The van der Waals surface area contributed by atoms with Crippen molar-refractivity contribution < 1.29 is 13.2 Å². The van der Waals surface area contributed by atoms with Gasteiger partial charge in [0.15, 0.2) is 0 Å². The van der Waals surface area contributed by atoms with Crippen molar-refractivity contribution in [1.82, 2.24) is 5.32 Å². The summed E-state index contributed by atoms with van der Waals surface area (Å²) in [5, 5.41) is 2.92. The summed E-state index contributed by atoms with van der Waals surface area (Å²) in [6.07, 6.45) is -2.77. The average Bonchev–Trinajstić information content (AvgIpc) is 2.03. The first kappa shape index (κ1) is 13.8. The topological polar surface area (TPSA) is 12.0 Å². The molecule has 0 amide bonds. The molecular weight excluding hydrogens is 191 g/mol. The smallest absolute Gasteiger partial charge is 0.314 e. The lowest BCUT2D eigenvalue weighted by Crippen LogP contribution is -2.34. The lowest BCUT2D eigenvalue weighted by molar-refractivity contribution is -0.139. The van der Waals surface area contributed by atoms with E-state index in [2.05, 4.69) is 19.2 Å². The predicted octanol–water partition coefficient (Wildman–Crippen LogP) is 3.35. The van der Waals surface area contributed by atoms with E-state index in [9.17, 15) is 13.2 Å². The van der Waals surface area contributed by atoms with Gasteiger partial charge < -0.3 is 5.32 Å². The molecule has 0 rings (SSSR count). The van der Waals surface area contributed by atoms with Crippen molar-refractivity contribution in [2.75, 3.05) is 6.54 Å². The van der Waals surface area contributed by atoms with Crippen LogP contribution < -0.4 is 5.32 Å². The number of nitrogens with one attached hydrogen (secondary N) is 1. The number of rotatable bonds is 6. The Labute approximate surface area is 84.1 Å². The molecule has 1 N–H and O–H groups in total. The SMILES string of the molecule is CCC(CC)CNC(C)CC(F)(F)F. The Morgan fingerprint density at radius 1 is 1.14 bits per heavy atom. The second kappa shape index (κ2) is 6.27. The van der Waals surface area contributed by atoms with Gasteiger partial charge in [0.25, 0.3) is 0 Å². The largest absolute Gasteiger partial charge is 0.390 e. The maximum atomic E-state index is 12.0. The van der Waals surface area contributed by atoms with Crippen molar-refractivity contribution in [3.63, 3.8) is 0 Å². The van der Waals surface area contributed by atoms with Gasteiger partial charge in [-0.05, 0) is 19.4 Å². The normalized spacial score (nSPS) is 14.8. The Balaban J connectivity index is 3.67. The van der Waals surface area contributed by atoms with Gasteiger partial charge in [-0.2, -0.15) is 13.2 Å². The minimum absolute atomic E-state index is 0.476. The highest BCUT2D eigenvalue weighted by Gasteiger charge is 2.29. The molecule has 4 heteroatoms. The molecule has 14 heavy (non-hydrogen) atoms. The molecule has 0 spiro atoms. The second-order valence-corrected chi connectivity index (χ2v) is 3.81. The van der Waals surface area contributed by atoms with Crippen LogP contribution in [0.3, 0.4) is 0 Å². The van der Waals surface area contributed by atoms with E-state index in [-0.39, 0.29) is 0 Å². The van der Waals surface area contributed by atoms with E-state index in [1.807, 2.05) is 0 Å². The Morgan fingerprint density at radius 3 is 2.00 bits per heavy atom. The molecule has 0 aromatic carbocycles. The second-order valence-electron chi connectivity index (χ2n) is 3.81. The summed E-state index contributed by atoms with van der Waals surface area (Å²) in [5.74, 6) is 0.491. The van der Waals surface area contributed by atoms with E-state index >= 15 is 0 Å². The maximum absolute atomic E-state index is 12.0. The molecule has 86 valence electrons. The summed E-state index contributed by atoms with van der Waals surface area (Å²) in [7, 11) is 0. The molecule has 0 aromatic heterocycles. The molecule has 0 aliphatic carbocycles. The van der Waals surface area contributed by atoms with Crippen LogP contribution in [0.4, 0.5) is 13.2 Å². The monoisotopic (exact) mass is 211 g/mol. The summed E-state index contributed by atoms with van der Waals surface area (Å²) < 4.78 is 35.9. The zero-order valence-electron chi connectivity index (χ0n) is 9.12. The molecule has 0 fully saturated rings. The first-order valence-electron chi connectivity index (χ1n) is 5.19. The van der Waals surface area contributed by atoms with Gasteiger partial charge >= 0.3 is 6.18 Å². The van der Waals surface area contributed by atoms with Crippen LogP contribution in [0.25, 0.3) is 0 Å². The van der Waals surface area contributed by atoms with Gasteiger partial charge in [-0.15, -0.1) is 0 Å². The Bertz CT molecular complexity index is 141. The molecule has 0 saturated heterocycles. The maximum Gasteiger partial charge on any atom is 0.390 e. The van der Waals surface area contributed by atoms with Crippen molar-refractivity contribution in [3.8, 4) is 0 Å². The highest BCUT2D eigenvalue weighted by atomic mass is 19.4. The molecule has 1 unspecified atom stereocenters. The van der Waals surface area contributed by atoms with Gasteiger partial charge in [0.2, 0.25) is 0 Å². The molecule has 0 aliphatic rings. The van der Waals surface area contributed by atoms with E-state index in [4.69, 9.17) is 0 Å². The average molecular weight is 211 g/mol. The number of hydrogen-bond acceptors (Lipinski definition) is 1. The van der Waals surface area contributed by atoms with E-state index in [1.165, 1.54) is 0 Å². The Hall–Kier alpha value is -0.250. The van der Waals surface area contributed by atoms with Crippen LogP contribution >= 0.6 is 0 Å². The fraction of sp³-hybridized carbons (Fsp3) is 1.00. The Morgan fingerprint density at radius 2 is 1.64 bits per heavy atom. The van der Waals surface area contributed by atoms with Crippen molar-refractivity contribution >= 4 is 0 Å². The van der Waals surface area contributed by atoms with Crippen molar-refractivity contribution in [3.05, 3.63) is 0 Å². The molecule has 0 heterocycles. The third-order valence-corrected chi connectivity index (χ3v) is 2.45. The van der Waals surface area contributed by atoms with Crippen LogP contribution in [-0.4, -0.2) is 18.8 Å². The summed E-state index contributed by atoms with van der Waals surface area (Å²) >= 11 is 0. The Kier molecular flexibility index (Phi) is 6.16. The zero-order valence-corrected chi connectivity index (χ0v) is 9.12. The van der Waals surface area contributed by atoms with Crippen molar-refractivity contribution in [2.45, 2.75) is 52.3 Å². The van der Waals surface area contributed by atoms with Crippen LogP contribution in [0.15, 0.2) is 0 Å². The lowest BCUT2D eigenvalue weighted by atomic mass is 10.0. The quantitative estimate of drug-likeness (QED) is 0.710. The van der Waals surface area contributed by atoms with Gasteiger partial charge in [0.1, 0.15) is 0 Å². The van der Waals surface area contributed by atoms with Crippen LogP contribution in [-0.2, 0) is 0 Å². The van der Waals surface area contributed by atoms with E-state index in [1.54, 1.807) is 6.92 Å². The number of halogens is 3.